The van der Waals surface area contributed by atoms with Crippen molar-refractivity contribution in [2.45, 2.75) is 0 Å². The summed E-state index contributed by atoms with van der Waals surface area (Å²) < 4.78 is 4.94. The van der Waals surface area contributed by atoms with Gasteiger partial charge >= 0.3 is 18.0 Å². The number of carbonyl (C=O) groups is 4. The number of benzene rings is 2. The van der Waals surface area contributed by atoms with Crippen LogP contribution in [-0.4, -0.2) is 48.5 Å². The Morgan fingerprint density at radius 2 is 1.61 bits per heavy atom. The molecule has 1 saturated heterocycles. The predicted octanol–water partition coefficient (Wildman–Crippen LogP) is 2.04. The summed E-state index contributed by atoms with van der Waals surface area (Å²) in [6.45, 7) is 0.108. The van der Waals surface area contributed by atoms with Gasteiger partial charge in [-0.1, -0.05) is 18.2 Å². The van der Waals surface area contributed by atoms with E-state index in [-0.39, 0.29) is 12.1 Å². The minimum Gasteiger partial charge on any atom is -0.452 e. The Balaban J connectivity index is 1.49. The van der Waals surface area contributed by atoms with Crippen molar-refractivity contribution < 1.29 is 23.9 Å². The lowest BCUT2D eigenvalue weighted by molar-refractivity contribution is -0.130. The molecule has 0 aromatic heterocycles. The molecule has 2 aromatic carbocycles. The molecule has 0 saturated carbocycles. The molecule has 2 aromatic rings. The van der Waals surface area contributed by atoms with Gasteiger partial charge in [-0.15, -0.1) is 0 Å². The number of imide groups is 1. The molecule has 0 bridgehead atoms. The molecule has 1 aliphatic rings. The van der Waals surface area contributed by atoms with Gasteiger partial charge < -0.3 is 20.7 Å². The molecule has 0 atom stereocenters. The molecule has 3 N–H and O–H groups in total. The first-order valence-corrected chi connectivity index (χ1v) is 8.51. The Kier molecular flexibility index (Phi) is 5.85. The van der Waals surface area contributed by atoms with Crippen LogP contribution in [0.2, 0.25) is 0 Å². The van der Waals surface area contributed by atoms with Gasteiger partial charge in [0.05, 0.1) is 5.56 Å². The fourth-order valence-electron chi connectivity index (χ4n) is 2.50. The summed E-state index contributed by atoms with van der Waals surface area (Å²) in [6, 6.07) is 14.1. The zero-order chi connectivity index (χ0) is 19.9. The highest BCUT2D eigenvalue weighted by Gasteiger charge is 2.26. The molecule has 1 fully saturated rings. The molecule has 9 nitrogen and oxygen atoms in total. The van der Waals surface area contributed by atoms with E-state index >= 15 is 0 Å². The maximum Gasteiger partial charge on any atom is 0.338 e. The van der Waals surface area contributed by atoms with Crippen molar-refractivity contribution in [2.24, 2.45) is 0 Å². The van der Waals surface area contributed by atoms with E-state index in [1.807, 2.05) is 6.07 Å². The van der Waals surface area contributed by atoms with Gasteiger partial charge in [-0.05, 0) is 36.4 Å². The van der Waals surface area contributed by atoms with Crippen LogP contribution in [0.3, 0.4) is 0 Å². The molecule has 0 spiro atoms. The number of urea groups is 2. The summed E-state index contributed by atoms with van der Waals surface area (Å²) in [5.74, 6) is -1.28. The van der Waals surface area contributed by atoms with E-state index in [0.29, 0.717) is 17.9 Å². The lowest BCUT2D eigenvalue weighted by atomic mass is 10.2. The molecule has 144 valence electrons. The average Bonchev–Trinajstić information content (AvgIpc) is 3.13. The second kappa shape index (κ2) is 8.67. The number of ether oxygens (including phenoxy) is 1. The summed E-state index contributed by atoms with van der Waals surface area (Å²) >= 11 is 0. The highest BCUT2D eigenvalue weighted by molar-refractivity contribution is 6.00. The summed E-state index contributed by atoms with van der Waals surface area (Å²) in [5.41, 5.74) is 1.35. The minimum atomic E-state index is -0.701. The molecule has 5 amide bonds. The standard InChI is InChI=1S/C19H18N4O5/c24-16(23-11-10-20-19(23)27)12-28-17(25)13-6-8-15(9-7-13)22-18(26)21-14-4-2-1-3-5-14/h1-9H,10-12H2,(H,20,27)(H2,21,22,26). The Morgan fingerprint density at radius 3 is 2.21 bits per heavy atom. The van der Waals surface area contributed by atoms with E-state index in [1.165, 1.54) is 24.3 Å². The van der Waals surface area contributed by atoms with E-state index in [0.717, 1.165) is 4.90 Å². The first-order valence-electron chi connectivity index (χ1n) is 8.51. The molecule has 9 heteroatoms. The number of amides is 5. The first kappa shape index (κ1) is 18.9. The Morgan fingerprint density at radius 1 is 0.964 bits per heavy atom. The van der Waals surface area contributed by atoms with Crippen LogP contribution < -0.4 is 16.0 Å². The normalized spacial score (nSPS) is 12.9. The zero-order valence-corrected chi connectivity index (χ0v) is 14.8. The van der Waals surface area contributed by atoms with E-state index in [9.17, 15) is 19.2 Å². The molecule has 28 heavy (non-hydrogen) atoms. The molecule has 0 unspecified atom stereocenters. The summed E-state index contributed by atoms with van der Waals surface area (Å²) in [6.07, 6.45) is 0. The van der Waals surface area contributed by atoms with Crippen LogP contribution in [0.25, 0.3) is 0 Å². The van der Waals surface area contributed by atoms with Gasteiger partial charge in [0.15, 0.2) is 6.61 Å². The van der Waals surface area contributed by atoms with Crippen molar-refractivity contribution >= 4 is 35.3 Å². The van der Waals surface area contributed by atoms with Gasteiger partial charge in [-0.3, -0.25) is 9.69 Å². The van der Waals surface area contributed by atoms with Gasteiger partial charge in [-0.2, -0.15) is 0 Å². The van der Waals surface area contributed by atoms with Gasteiger partial charge in [0, 0.05) is 24.5 Å². The maximum atomic E-state index is 12.0. The first-order chi connectivity index (χ1) is 13.5. The number of nitrogens with zero attached hydrogens (tertiary/aromatic N) is 1. The van der Waals surface area contributed by atoms with E-state index < -0.39 is 30.5 Å². The fraction of sp³-hybridized carbons (Fsp3) is 0.158. The quantitative estimate of drug-likeness (QED) is 0.684. The molecule has 1 heterocycles. The number of rotatable bonds is 5. The van der Waals surface area contributed by atoms with Gasteiger partial charge in [0.25, 0.3) is 5.91 Å². The van der Waals surface area contributed by atoms with Crippen molar-refractivity contribution in [3.05, 3.63) is 60.2 Å². The van der Waals surface area contributed by atoms with Crippen LogP contribution in [0, 0.1) is 0 Å². The van der Waals surface area contributed by atoms with E-state index in [1.54, 1.807) is 24.3 Å². The smallest absolute Gasteiger partial charge is 0.338 e. The van der Waals surface area contributed by atoms with Crippen LogP contribution in [0.1, 0.15) is 10.4 Å². The highest BCUT2D eigenvalue weighted by atomic mass is 16.5. The molecule has 1 aliphatic heterocycles. The summed E-state index contributed by atoms with van der Waals surface area (Å²) in [5, 5.41) is 7.81. The van der Waals surface area contributed by atoms with Crippen molar-refractivity contribution in [3.63, 3.8) is 0 Å². The van der Waals surface area contributed by atoms with Crippen LogP contribution in [-0.2, 0) is 9.53 Å². The Bertz CT molecular complexity index is 883. The molecular formula is C19H18N4O5. The molecule has 0 aliphatic carbocycles. The van der Waals surface area contributed by atoms with Crippen LogP contribution >= 0.6 is 0 Å². The Labute approximate surface area is 160 Å². The third-order valence-corrected chi connectivity index (χ3v) is 3.89. The van der Waals surface area contributed by atoms with Gasteiger partial charge in [0.1, 0.15) is 0 Å². The second-order valence-electron chi connectivity index (χ2n) is 5.88. The van der Waals surface area contributed by atoms with Crippen LogP contribution in [0.5, 0.6) is 0 Å². The number of hydrogen-bond donors (Lipinski definition) is 3. The number of esters is 1. The number of carbonyl (C=O) groups excluding carboxylic acids is 4. The van der Waals surface area contributed by atoms with Crippen molar-refractivity contribution in [2.75, 3.05) is 30.3 Å². The fourth-order valence-corrected chi connectivity index (χ4v) is 2.50. The lowest BCUT2D eigenvalue weighted by Crippen LogP contribution is -2.37. The predicted molar refractivity (Wildman–Crippen MR) is 101 cm³/mol. The maximum absolute atomic E-state index is 12.0. The van der Waals surface area contributed by atoms with Crippen LogP contribution in [0.15, 0.2) is 54.6 Å². The van der Waals surface area contributed by atoms with Crippen LogP contribution in [0.4, 0.5) is 21.0 Å². The largest absolute Gasteiger partial charge is 0.452 e. The van der Waals surface area contributed by atoms with Gasteiger partial charge in [0.2, 0.25) is 0 Å². The molecular weight excluding hydrogens is 364 g/mol. The lowest BCUT2D eigenvalue weighted by Gasteiger charge is -2.12. The average molecular weight is 382 g/mol. The summed E-state index contributed by atoms with van der Waals surface area (Å²) in [7, 11) is 0. The third-order valence-electron chi connectivity index (χ3n) is 3.89. The number of para-hydroxylation sites is 1. The monoisotopic (exact) mass is 382 g/mol. The molecule has 3 rings (SSSR count). The zero-order valence-electron chi connectivity index (χ0n) is 14.8. The van der Waals surface area contributed by atoms with E-state index in [2.05, 4.69) is 16.0 Å². The van der Waals surface area contributed by atoms with Gasteiger partial charge in [-0.25, -0.2) is 14.4 Å². The number of anilines is 2. The minimum absolute atomic E-state index is 0.215. The van der Waals surface area contributed by atoms with Crippen molar-refractivity contribution in [3.8, 4) is 0 Å². The number of hydrogen-bond acceptors (Lipinski definition) is 5. The Hall–Kier alpha value is -3.88. The number of nitrogens with one attached hydrogen (secondary N) is 3. The van der Waals surface area contributed by atoms with E-state index in [4.69, 9.17) is 4.74 Å². The highest BCUT2D eigenvalue weighted by Crippen LogP contribution is 2.12. The van der Waals surface area contributed by atoms with Crippen molar-refractivity contribution in [1.82, 2.24) is 10.2 Å². The second-order valence-corrected chi connectivity index (χ2v) is 5.88. The SMILES string of the molecule is O=C(Nc1ccccc1)Nc1ccc(C(=O)OCC(=O)N2CCNC2=O)cc1. The topological polar surface area (TPSA) is 117 Å². The summed E-state index contributed by atoms with van der Waals surface area (Å²) in [4.78, 5) is 48.2. The van der Waals surface area contributed by atoms with Crippen molar-refractivity contribution in [1.29, 1.82) is 0 Å². The molecule has 0 radical (unpaired) electrons. The third kappa shape index (κ3) is 4.85.